The number of nitrogens with one attached hydrogen (secondary N) is 1. The van der Waals surface area contributed by atoms with Gasteiger partial charge in [-0.05, 0) is 25.5 Å². The molecule has 0 saturated carbocycles. The molecule has 1 aromatic heterocycles. The van der Waals surface area contributed by atoms with Crippen LogP contribution in [0.5, 0.6) is 5.75 Å². The van der Waals surface area contributed by atoms with Gasteiger partial charge >= 0.3 is 0 Å². The number of sulfonamides is 1. The standard InChI is InChI=1S/C17H20ClN3O4S/c1-10-5-11-6-13(7-14(18)16(11)25-10)26(22,23)20-15-3-4-24-17(15)12-8-19-21(2)9-12/h6-10,15,17,20H,3-5H2,1-2H3/t10?,15-,17+/m0/s1. The molecule has 2 aliphatic rings. The summed E-state index contributed by atoms with van der Waals surface area (Å²) in [5, 5.41) is 4.45. The summed E-state index contributed by atoms with van der Waals surface area (Å²) in [6, 6.07) is 2.73. The molecule has 1 aromatic carbocycles. The molecule has 4 rings (SSSR count). The first kappa shape index (κ1) is 17.8. The van der Waals surface area contributed by atoms with Crippen LogP contribution in [-0.4, -0.2) is 37.0 Å². The summed E-state index contributed by atoms with van der Waals surface area (Å²) >= 11 is 6.24. The fraction of sp³-hybridized carbons (Fsp3) is 0.471. The summed E-state index contributed by atoms with van der Waals surface area (Å²) < 4.78 is 41.6. The highest BCUT2D eigenvalue weighted by Crippen LogP contribution is 2.38. The first-order valence-corrected chi connectivity index (χ1v) is 10.3. The van der Waals surface area contributed by atoms with E-state index in [2.05, 4.69) is 9.82 Å². The minimum atomic E-state index is -3.74. The van der Waals surface area contributed by atoms with Crippen LogP contribution in [0.25, 0.3) is 0 Å². The second-order valence-corrected chi connectivity index (χ2v) is 8.90. The van der Waals surface area contributed by atoms with Crippen molar-refractivity contribution in [2.45, 2.75) is 42.9 Å². The van der Waals surface area contributed by atoms with Crippen molar-refractivity contribution >= 4 is 21.6 Å². The second-order valence-electron chi connectivity index (χ2n) is 6.78. The quantitative estimate of drug-likeness (QED) is 0.855. The number of fused-ring (bicyclic) bond motifs is 1. The third-order valence-electron chi connectivity index (χ3n) is 4.68. The Kier molecular flexibility index (Phi) is 4.46. The molecule has 2 aromatic rings. The average molecular weight is 398 g/mol. The van der Waals surface area contributed by atoms with Crippen LogP contribution in [0, 0.1) is 0 Å². The molecule has 1 fully saturated rings. The maximum Gasteiger partial charge on any atom is 0.240 e. The average Bonchev–Trinajstić information content (AvgIpc) is 3.26. The Hall–Kier alpha value is -1.61. The topological polar surface area (TPSA) is 82.5 Å². The van der Waals surface area contributed by atoms with Gasteiger partial charge < -0.3 is 9.47 Å². The van der Waals surface area contributed by atoms with Crippen molar-refractivity contribution in [3.05, 3.63) is 40.7 Å². The van der Waals surface area contributed by atoms with Crippen LogP contribution in [-0.2, 0) is 28.2 Å². The zero-order chi connectivity index (χ0) is 18.5. The van der Waals surface area contributed by atoms with Crippen LogP contribution in [0.1, 0.15) is 30.6 Å². The highest BCUT2D eigenvalue weighted by molar-refractivity contribution is 7.89. The lowest BCUT2D eigenvalue weighted by Crippen LogP contribution is -2.36. The normalized spacial score (nSPS) is 25.3. The smallest absolute Gasteiger partial charge is 0.240 e. The van der Waals surface area contributed by atoms with Gasteiger partial charge in [0.05, 0.1) is 22.2 Å². The summed E-state index contributed by atoms with van der Waals surface area (Å²) in [5.41, 5.74) is 1.67. The second kappa shape index (κ2) is 6.53. The number of aromatic nitrogens is 2. The first-order chi connectivity index (χ1) is 12.3. The zero-order valence-corrected chi connectivity index (χ0v) is 16.0. The molecule has 140 valence electrons. The Balaban J connectivity index is 1.60. The molecule has 1 N–H and O–H groups in total. The van der Waals surface area contributed by atoms with Crippen LogP contribution in [0.15, 0.2) is 29.4 Å². The van der Waals surface area contributed by atoms with Crippen molar-refractivity contribution in [3.8, 4) is 5.75 Å². The van der Waals surface area contributed by atoms with Crippen molar-refractivity contribution < 1.29 is 17.9 Å². The van der Waals surface area contributed by atoms with Gasteiger partial charge in [-0.25, -0.2) is 13.1 Å². The molecule has 9 heteroatoms. The van der Waals surface area contributed by atoms with Crippen molar-refractivity contribution in [2.24, 2.45) is 7.05 Å². The van der Waals surface area contributed by atoms with Gasteiger partial charge in [-0.15, -0.1) is 0 Å². The Bertz CT molecular complexity index is 943. The molecule has 0 spiro atoms. The monoisotopic (exact) mass is 397 g/mol. The summed E-state index contributed by atoms with van der Waals surface area (Å²) in [4.78, 5) is 0.149. The SMILES string of the molecule is CC1Cc2cc(S(=O)(=O)N[C@H]3CCO[C@@H]3c3cnn(C)c3)cc(Cl)c2O1. The van der Waals surface area contributed by atoms with Crippen molar-refractivity contribution in [1.29, 1.82) is 0 Å². The number of ether oxygens (including phenoxy) is 2. The van der Waals surface area contributed by atoms with Gasteiger partial charge in [-0.1, -0.05) is 11.6 Å². The van der Waals surface area contributed by atoms with E-state index in [0.717, 1.165) is 11.1 Å². The van der Waals surface area contributed by atoms with Gasteiger partial charge in [0.2, 0.25) is 10.0 Å². The number of benzene rings is 1. The van der Waals surface area contributed by atoms with Gasteiger partial charge in [0.1, 0.15) is 18.0 Å². The van der Waals surface area contributed by atoms with Crippen molar-refractivity contribution in [3.63, 3.8) is 0 Å². The number of aryl methyl sites for hydroxylation is 1. The molecule has 0 radical (unpaired) electrons. The van der Waals surface area contributed by atoms with E-state index in [1.54, 1.807) is 16.9 Å². The summed E-state index contributed by atoms with van der Waals surface area (Å²) in [5.74, 6) is 0.579. The van der Waals surface area contributed by atoms with E-state index in [4.69, 9.17) is 21.1 Å². The first-order valence-electron chi connectivity index (χ1n) is 8.45. The minimum absolute atomic E-state index is 0.00777. The Labute approximate surface area is 157 Å². The number of nitrogens with zero attached hydrogens (tertiary/aromatic N) is 2. The molecule has 26 heavy (non-hydrogen) atoms. The molecule has 0 aliphatic carbocycles. The summed E-state index contributed by atoms with van der Waals surface area (Å²) in [6.45, 7) is 2.42. The van der Waals surface area contributed by atoms with E-state index in [1.807, 2.05) is 20.2 Å². The lowest BCUT2D eigenvalue weighted by Gasteiger charge is -2.19. The van der Waals surface area contributed by atoms with Crippen molar-refractivity contribution in [1.82, 2.24) is 14.5 Å². The van der Waals surface area contributed by atoms with E-state index >= 15 is 0 Å². The fourth-order valence-corrected chi connectivity index (χ4v) is 5.20. The number of halogens is 1. The van der Waals surface area contributed by atoms with Crippen LogP contribution >= 0.6 is 11.6 Å². The molecular formula is C17H20ClN3O4S. The third kappa shape index (κ3) is 3.22. The van der Waals surface area contributed by atoms with E-state index in [0.29, 0.717) is 30.2 Å². The summed E-state index contributed by atoms with van der Waals surface area (Å²) in [7, 11) is -1.92. The molecule has 1 saturated heterocycles. The molecule has 7 nitrogen and oxygen atoms in total. The lowest BCUT2D eigenvalue weighted by molar-refractivity contribution is 0.102. The molecule has 0 amide bonds. The fourth-order valence-electron chi connectivity index (χ4n) is 3.51. The largest absolute Gasteiger partial charge is 0.489 e. The molecule has 2 aliphatic heterocycles. The van der Waals surface area contributed by atoms with Crippen LogP contribution < -0.4 is 9.46 Å². The maximum absolute atomic E-state index is 12.9. The Morgan fingerprint density at radius 2 is 2.19 bits per heavy atom. The van der Waals surface area contributed by atoms with Crippen LogP contribution in [0.2, 0.25) is 5.02 Å². The third-order valence-corrected chi connectivity index (χ3v) is 6.43. The molecule has 3 atom stereocenters. The van der Waals surface area contributed by atoms with E-state index in [-0.39, 0.29) is 23.1 Å². The zero-order valence-electron chi connectivity index (χ0n) is 14.5. The van der Waals surface area contributed by atoms with Gasteiger partial charge in [0.25, 0.3) is 0 Å². The van der Waals surface area contributed by atoms with E-state index in [1.165, 1.54) is 6.07 Å². The number of rotatable bonds is 4. The molecule has 0 bridgehead atoms. The summed E-state index contributed by atoms with van der Waals surface area (Å²) in [6.07, 6.45) is 4.41. The van der Waals surface area contributed by atoms with E-state index < -0.39 is 10.0 Å². The van der Waals surface area contributed by atoms with Crippen molar-refractivity contribution in [2.75, 3.05) is 6.61 Å². The molecule has 3 heterocycles. The number of hydrogen-bond donors (Lipinski definition) is 1. The highest BCUT2D eigenvalue weighted by atomic mass is 35.5. The van der Waals surface area contributed by atoms with Gasteiger partial charge in [-0.2, -0.15) is 5.10 Å². The minimum Gasteiger partial charge on any atom is -0.489 e. The molecule has 1 unspecified atom stereocenters. The van der Waals surface area contributed by atoms with Gasteiger partial charge in [0, 0.05) is 37.4 Å². The van der Waals surface area contributed by atoms with Crippen LogP contribution in [0.4, 0.5) is 0 Å². The van der Waals surface area contributed by atoms with Crippen LogP contribution in [0.3, 0.4) is 0 Å². The van der Waals surface area contributed by atoms with Gasteiger partial charge in [0.15, 0.2) is 0 Å². The number of hydrogen-bond acceptors (Lipinski definition) is 5. The van der Waals surface area contributed by atoms with Gasteiger partial charge in [-0.3, -0.25) is 4.68 Å². The predicted octanol–water partition coefficient (Wildman–Crippen LogP) is 2.21. The molecular weight excluding hydrogens is 378 g/mol. The maximum atomic E-state index is 12.9. The van der Waals surface area contributed by atoms with E-state index in [9.17, 15) is 8.42 Å². The predicted molar refractivity (Wildman–Crippen MR) is 95.9 cm³/mol. The Morgan fingerprint density at radius 3 is 2.92 bits per heavy atom. The Morgan fingerprint density at radius 1 is 1.38 bits per heavy atom. The highest BCUT2D eigenvalue weighted by Gasteiger charge is 2.35. The lowest BCUT2D eigenvalue weighted by atomic mass is 10.1.